The second-order valence-corrected chi connectivity index (χ2v) is 6.32. The van der Waals surface area contributed by atoms with Gasteiger partial charge in [0, 0.05) is 17.4 Å². The van der Waals surface area contributed by atoms with Crippen LogP contribution in [-0.4, -0.2) is 26.3 Å². The van der Waals surface area contributed by atoms with E-state index in [4.69, 9.17) is 5.73 Å². The Morgan fingerprint density at radius 1 is 1.27 bits per heavy atom. The van der Waals surface area contributed by atoms with Crippen molar-refractivity contribution in [3.8, 4) is 0 Å². The van der Waals surface area contributed by atoms with E-state index in [0.29, 0.717) is 22.4 Å². The maximum atomic E-state index is 13.9. The second kappa shape index (κ2) is 5.77. The molecule has 1 aliphatic rings. The van der Waals surface area contributed by atoms with Gasteiger partial charge in [-0.15, -0.1) is 10.2 Å². The lowest BCUT2D eigenvalue weighted by molar-refractivity contribution is 0.470. The van der Waals surface area contributed by atoms with Crippen LogP contribution in [0.2, 0.25) is 0 Å². The zero-order valence-electron chi connectivity index (χ0n) is 12.1. The number of fused-ring (bicyclic) bond motifs is 1. The minimum absolute atomic E-state index is 0.168. The van der Waals surface area contributed by atoms with Crippen LogP contribution < -0.4 is 5.73 Å². The maximum Gasteiger partial charge on any atom is 0.212 e. The number of aromatic nitrogens is 3. The monoisotopic (exact) mass is 323 g/mol. The summed E-state index contributed by atoms with van der Waals surface area (Å²) in [7, 11) is 0. The number of nitrogens with two attached hydrogens (primary N) is 1. The first-order valence-corrected chi connectivity index (χ1v) is 7.83. The molecule has 0 bridgehead atoms. The van der Waals surface area contributed by atoms with E-state index in [9.17, 15) is 8.78 Å². The minimum atomic E-state index is -0.634. The Hall–Kier alpha value is -1.80. The van der Waals surface area contributed by atoms with E-state index in [-0.39, 0.29) is 17.5 Å². The number of benzene rings is 1. The second-order valence-electron chi connectivity index (χ2n) is 5.38. The Labute approximate surface area is 130 Å². The number of halogens is 2. The van der Waals surface area contributed by atoms with Gasteiger partial charge in [-0.3, -0.25) is 0 Å². The van der Waals surface area contributed by atoms with Gasteiger partial charge in [0.15, 0.2) is 5.82 Å². The van der Waals surface area contributed by atoms with Crippen LogP contribution >= 0.6 is 11.8 Å². The number of thioether (sulfide) groups is 1. The number of rotatable bonds is 3. The van der Waals surface area contributed by atoms with E-state index in [1.807, 2.05) is 13.8 Å². The molecule has 1 atom stereocenters. The summed E-state index contributed by atoms with van der Waals surface area (Å²) in [5.74, 6) is -0.0977. The molecule has 0 saturated carbocycles. The largest absolute Gasteiger partial charge is 0.321 e. The van der Waals surface area contributed by atoms with Crippen molar-refractivity contribution in [2.24, 2.45) is 16.8 Å². The predicted molar refractivity (Wildman–Crippen MR) is 80.8 cm³/mol. The number of hydrogen-bond acceptors (Lipinski definition) is 5. The first kappa shape index (κ1) is 15.1. The lowest BCUT2D eigenvalue weighted by Gasteiger charge is -2.18. The third-order valence-corrected chi connectivity index (χ3v) is 4.38. The van der Waals surface area contributed by atoms with Gasteiger partial charge in [-0.05, 0) is 18.1 Å². The zero-order valence-corrected chi connectivity index (χ0v) is 12.9. The standard InChI is InChI=1S/C14H15F2N5S/c1-7(2)12(17)13-18-19-14-21(13)20-11(6-22-14)9-4-3-8(15)5-10(9)16/h3-5,7,12H,6,17H2,1-2H3. The highest BCUT2D eigenvalue weighted by Crippen LogP contribution is 2.28. The predicted octanol–water partition coefficient (Wildman–Crippen LogP) is 2.57. The molecular formula is C14H15F2N5S. The summed E-state index contributed by atoms with van der Waals surface area (Å²) in [6.45, 7) is 3.96. The van der Waals surface area contributed by atoms with Gasteiger partial charge in [0.1, 0.15) is 11.6 Å². The molecule has 5 nitrogen and oxygen atoms in total. The summed E-state index contributed by atoms with van der Waals surface area (Å²) in [6.07, 6.45) is 0. The first-order chi connectivity index (χ1) is 10.5. The summed E-state index contributed by atoms with van der Waals surface area (Å²) in [5, 5.41) is 13.2. The molecule has 3 rings (SSSR count). The molecule has 0 saturated heterocycles. The molecule has 0 amide bonds. The summed E-state index contributed by atoms with van der Waals surface area (Å²) in [6, 6.07) is 3.14. The van der Waals surface area contributed by atoms with Crippen LogP contribution in [0.1, 0.15) is 31.3 Å². The number of hydrogen-bond donors (Lipinski definition) is 1. The third-order valence-electron chi connectivity index (χ3n) is 3.45. The van der Waals surface area contributed by atoms with Crippen molar-refractivity contribution in [2.45, 2.75) is 25.0 Å². The molecule has 0 aliphatic carbocycles. The summed E-state index contributed by atoms with van der Waals surface area (Å²) in [5.41, 5.74) is 6.90. The third kappa shape index (κ3) is 2.64. The lowest BCUT2D eigenvalue weighted by atomic mass is 10.1. The van der Waals surface area contributed by atoms with E-state index >= 15 is 0 Å². The van der Waals surface area contributed by atoms with Crippen molar-refractivity contribution in [2.75, 3.05) is 5.75 Å². The fourth-order valence-electron chi connectivity index (χ4n) is 2.10. The first-order valence-electron chi connectivity index (χ1n) is 6.84. The minimum Gasteiger partial charge on any atom is -0.321 e. The smallest absolute Gasteiger partial charge is 0.212 e. The fourth-order valence-corrected chi connectivity index (χ4v) is 2.94. The van der Waals surface area contributed by atoms with Crippen LogP contribution in [0.3, 0.4) is 0 Å². The topological polar surface area (TPSA) is 69.1 Å². The Kier molecular flexibility index (Phi) is 3.96. The molecule has 2 heterocycles. The average molecular weight is 323 g/mol. The van der Waals surface area contributed by atoms with Gasteiger partial charge in [-0.25, -0.2) is 8.78 Å². The van der Waals surface area contributed by atoms with Crippen LogP contribution in [0.15, 0.2) is 28.5 Å². The van der Waals surface area contributed by atoms with Crippen LogP contribution in [0.5, 0.6) is 0 Å². The van der Waals surface area contributed by atoms with Gasteiger partial charge in [0.05, 0.1) is 11.8 Å². The van der Waals surface area contributed by atoms with Gasteiger partial charge in [0.25, 0.3) is 0 Å². The molecule has 1 aromatic heterocycles. The normalized spacial score (nSPS) is 15.6. The van der Waals surface area contributed by atoms with Crippen LogP contribution in [0.4, 0.5) is 8.78 Å². The van der Waals surface area contributed by atoms with Crippen molar-refractivity contribution in [3.63, 3.8) is 0 Å². The van der Waals surface area contributed by atoms with Crippen molar-refractivity contribution < 1.29 is 8.78 Å². The molecular weight excluding hydrogens is 308 g/mol. The molecule has 2 aromatic rings. The van der Waals surface area contributed by atoms with Gasteiger partial charge < -0.3 is 5.73 Å². The van der Waals surface area contributed by atoms with E-state index in [0.717, 1.165) is 6.07 Å². The maximum absolute atomic E-state index is 13.9. The Morgan fingerprint density at radius 3 is 2.73 bits per heavy atom. The SMILES string of the molecule is CC(C)C(N)c1nnc2n1N=C(c1ccc(F)cc1F)CS2. The highest BCUT2D eigenvalue weighted by molar-refractivity contribution is 7.99. The van der Waals surface area contributed by atoms with Crippen LogP contribution in [0.25, 0.3) is 0 Å². The van der Waals surface area contributed by atoms with E-state index < -0.39 is 11.6 Å². The average Bonchev–Trinajstić information content (AvgIpc) is 2.89. The van der Waals surface area contributed by atoms with Crippen LogP contribution in [0, 0.1) is 17.6 Å². The van der Waals surface area contributed by atoms with Gasteiger partial charge in [-0.2, -0.15) is 9.78 Å². The quantitative estimate of drug-likeness (QED) is 0.942. The molecule has 1 unspecified atom stereocenters. The van der Waals surface area contributed by atoms with Gasteiger partial charge in [-0.1, -0.05) is 25.6 Å². The van der Waals surface area contributed by atoms with Crippen molar-refractivity contribution in [1.29, 1.82) is 0 Å². The molecule has 116 valence electrons. The molecule has 2 N–H and O–H groups in total. The zero-order chi connectivity index (χ0) is 15.9. The summed E-state index contributed by atoms with van der Waals surface area (Å²) < 4.78 is 28.5. The van der Waals surface area contributed by atoms with Crippen molar-refractivity contribution in [3.05, 3.63) is 41.2 Å². The highest BCUT2D eigenvalue weighted by atomic mass is 32.2. The Bertz CT molecular complexity index is 741. The van der Waals surface area contributed by atoms with Gasteiger partial charge >= 0.3 is 0 Å². The molecule has 8 heteroatoms. The summed E-state index contributed by atoms with van der Waals surface area (Å²) >= 11 is 1.40. The van der Waals surface area contributed by atoms with E-state index in [1.54, 1.807) is 4.68 Å². The molecule has 0 fully saturated rings. The number of nitrogens with zero attached hydrogens (tertiary/aromatic N) is 4. The Morgan fingerprint density at radius 2 is 2.05 bits per heavy atom. The molecule has 0 spiro atoms. The van der Waals surface area contributed by atoms with Gasteiger partial charge in [0.2, 0.25) is 5.16 Å². The van der Waals surface area contributed by atoms with Crippen molar-refractivity contribution in [1.82, 2.24) is 14.9 Å². The molecule has 1 aliphatic heterocycles. The van der Waals surface area contributed by atoms with E-state index in [2.05, 4.69) is 15.3 Å². The lowest BCUT2D eigenvalue weighted by Crippen LogP contribution is -2.23. The van der Waals surface area contributed by atoms with E-state index in [1.165, 1.54) is 23.9 Å². The highest BCUT2D eigenvalue weighted by Gasteiger charge is 2.25. The molecule has 0 radical (unpaired) electrons. The van der Waals surface area contributed by atoms with Crippen molar-refractivity contribution >= 4 is 17.5 Å². The molecule has 1 aromatic carbocycles. The molecule has 22 heavy (non-hydrogen) atoms. The fraction of sp³-hybridized carbons (Fsp3) is 0.357. The Balaban J connectivity index is 2.04. The van der Waals surface area contributed by atoms with Crippen LogP contribution in [-0.2, 0) is 0 Å². The summed E-state index contributed by atoms with van der Waals surface area (Å²) in [4.78, 5) is 0.